The summed E-state index contributed by atoms with van der Waals surface area (Å²) in [6.45, 7) is 9.97. The smallest absolute Gasteiger partial charge is 0.355 e. The fourth-order valence-electron chi connectivity index (χ4n) is 3.61. The van der Waals surface area contributed by atoms with Crippen molar-refractivity contribution in [2.24, 2.45) is 11.8 Å². The van der Waals surface area contributed by atoms with Crippen molar-refractivity contribution < 1.29 is 14.3 Å². The van der Waals surface area contributed by atoms with E-state index in [4.69, 9.17) is 4.74 Å². The first-order valence-electron chi connectivity index (χ1n) is 8.42. The van der Waals surface area contributed by atoms with E-state index in [0.29, 0.717) is 5.70 Å². The number of esters is 1. The average Bonchev–Trinajstić information content (AvgIpc) is 3.14. The molecule has 0 aliphatic carbocycles. The van der Waals surface area contributed by atoms with Crippen LogP contribution in [-0.4, -0.2) is 29.4 Å². The predicted molar refractivity (Wildman–Crippen MR) is 95.4 cm³/mol. The van der Waals surface area contributed by atoms with Gasteiger partial charge in [0.2, 0.25) is 5.91 Å². The van der Waals surface area contributed by atoms with Gasteiger partial charge >= 0.3 is 5.97 Å². The summed E-state index contributed by atoms with van der Waals surface area (Å²) in [5.74, 6) is -0.106. The molecule has 1 fully saturated rings. The Kier molecular flexibility index (Phi) is 4.63. The lowest BCUT2D eigenvalue weighted by Crippen LogP contribution is -2.60. The fraction of sp³-hybridized carbons (Fsp3) is 0.474. The first-order chi connectivity index (χ1) is 11.5. The molecule has 5 heteroatoms. The number of rotatable bonds is 6. The molecule has 0 aromatic carbocycles. The summed E-state index contributed by atoms with van der Waals surface area (Å²) >= 11 is 1.69. The van der Waals surface area contributed by atoms with Gasteiger partial charge in [0.15, 0.2) is 0 Å². The summed E-state index contributed by atoms with van der Waals surface area (Å²) in [5, 5.41) is 0. The van der Waals surface area contributed by atoms with Gasteiger partial charge in [-0.2, -0.15) is 0 Å². The zero-order valence-corrected chi connectivity index (χ0v) is 15.2. The standard InChI is InChI=1S/C19H23NO3S/c1-5-9-23-19(22)17-13(15-8-7-12(6-2)24-15)10-14-16(11(3)4)18(21)20(14)17/h5,7-8,11,14,16H,1,6,9-10H2,2-4H3/t14-,16-/m1/s1. The van der Waals surface area contributed by atoms with E-state index < -0.39 is 5.97 Å². The Hall–Kier alpha value is -1.88. The Bertz CT molecular complexity index is 716. The van der Waals surface area contributed by atoms with Gasteiger partial charge in [0, 0.05) is 15.3 Å². The summed E-state index contributed by atoms with van der Waals surface area (Å²) in [6.07, 6.45) is 3.24. The number of fused-ring (bicyclic) bond motifs is 1. The van der Waals surface area contributed by atoms with E-state index >= 15 is 0 Å². The van der Waals surface area contributed by atoms with Gasteiger partial charge in [-0.1, -0.05) is 33.4 Å². The molecule has 1 aromatic rings. The molecule has 1 amide bonds. The Labute approximate surface area is 146 Å². The molecule has 0 N–H and O–H groups in total. The molecule has 24 heavy (non-hydrogen) atoms. The lowest BCUT2D eigenvalue weighted by molar-refractivity contribution is -0.158. The molecule has 2 aliphatic heterocycles. The Morgan fingerprint density at radius 2 is 2.25 bits per heavy atom. The SMILES string of the molecule is C=CCOC(=O)C1=C(c2ccc(CC)s2)C[C@@H]2[C@@H](C(C)C)C(=O)N12. The van der Waals surface area contributed by atoms with Crippen LogP contribution in [0.3, 0.4) is 0 Å². The molecule has 0 spiro atoms. The number of carbonyl (C=O) groups is 2. The first kappa shape index (κ1) is 17.0. The number of β-lactam (4-membered cyclic amide) rings is 1. The van der Waals surface area contributed by atoms with Crippen molar-refractivity contribution in [3.8, 4) is 0 Å². The molecule has 3 heterocycles. The molecule has 128 valence electrons. The predicted octanol–water partition coefficient (Wildman–Crippen LogP) is 3.64. The Morgan fingerprint density at radius 3 is 2.83 bits per heavy atom. The summed E-state index contributed by atoms with van der Waals surface area (Å²) in [5.41, 5.74) is 1.39. The molecule has 2 aliphatic rings. The van der Waals surface area contributed by atoms with Gasteiger partial charge in [0.05, 0.1) is 12.0 Å². The second kappa shape index (κ2) is 6.55. The molecular weight excluding hydrogens is 322 g/mol. The second-order valence-electron chi connectivity index (χ2n) is 6.58. The van der Waals surface area contributed by atoms with Gasteiger partial charge in [-0.3, -0.25) is 4.79 Å². The van der Waals surface area contributed by atoms with Crippen molar-refractivity contribution in [2.45, 2.75) is 39.7 Å². The van der Waals surface area contributed by atoms with E-state index in [-0.39, 0.29) is 30.4 Å². The number of hydrogen-bond acceptors (Lipinski definition) is 4. The number of ether oxygens (including phenoxy) is 1. The van der Waals surface area contributed by atoms with Gasteiger partial charge in [-0.25, -0.2) is 4.79 Å². The molecule has 3 rings (SSSR count). The molecule has 2 atom stereocenters. The van der Waals surface area contributed by atoms with E-state index in [0.717, 1.165) is 23.3 Å². The maximum Gasteiger partial charge on any atom is 0.355 e. The highest BCUT2D eigenvalue weighted by Crippen LogP contribution is 2.49. The zero-order valence-electron chi connectivity index (χ0n) is 14.4. The number of nitrogens with zero attached hydrogens (tertiary/aromatic N) is 1. The van der Waals surface area contributed by atoms with E-state index in [1.165, 1.54) is 4.88 Å². The highest BCUT2D eigenvalue weighted by Gasteiger charge is 2.56. The van der Waals surface area contributed by atoms with E-state index in [1.807, 2.05) is 0 Å². The summed E-state index contributed by atoms with van der Waals surface area (Å²) in [6, 6.07) is 4.24. The normalized spacial score (nSPS) is 22.7. The van der Waals surface area contributed by atoms with Gasteiger partial charge in [-0.15, -0.1) is 11.3 Å². The summed E-state index contributed by atoms with van der Waals surface area (Å²) < 4.78 is 5.25. The van der Waals surface area contributed by atoms with Crippen LogP contribution in [0, 0.1) is 11.8 Å². The van der Waals surface area contributed by atoms with Crippen molar-refractivity contribution >= 4 is 28.8 Å². The van der Waals surface area contributed by atoms with Gasteiger partial charge in [0.25, 0.3) is 0 Å². The average molecular weight is 345 g/mol. The first-order valence-corrected chi connectivity index (χ1v) is 9.24. The van der Waals surface area contributed by atoms with Gasteiger partial charge in [-0.05, 0) is 30.9 Å². The van der Waals surface area contributed by atoms with E-state index in [9.17, 15) is 9.59 Å². The van der Waals surface area contributed by atoms with Crippen molar-refractivity contribution in [1.29, 1.82) is 0 Å². The van der Waals surface area contributed by atoms with Crippen LogP contribution < -0.4 is 0 Å². The van der Waals surface area contributed by atoms with E-state index in [2.05, 4.69) is 39.5 Å². The third kappa shape index (κ3) is 2.61. The van der Waals surface area contributed by atoms with Crippen molar-refractivity contribution in [3.63, 3.8) is 0 Å². The van der Waals surface area contributed by atoms with Crippen LogP contribution in [0.1, 0.15) is 36.9 Å². The summed E-state index contributed by atoms with van der Waals surface area (Å²) in [4.78, 5) is 29.1. The fourth-order valence-corrected chi connectivity index (χ4v) is 4.62. The van der Waals surface area contributed by atoms with Crippen LogP contribution in [0.5, 0.6) is 0 Å². The monoisotopic (exact) mass is 345 g/mol. The minimum Gasteiger partial charge on any atom is -0.457 e. The van der Waals surface area contributed by atoms with Crippen LogP contribution in [0.15, 0.2) is 30.5 Å². The largest absolute Gasteiger partial charge is 0.457 e. The van der Waals surface area contributed by atoms with Crippen molar-refractivity contribution in [2.75, 3.05) is 6.61 Å². The number of thiophene rings is 1. The molecule has 0 saturated carbocycles. The van der Waals surface area contributed by atoms with Crippen LogP contribution in [0.25, 0.3) is 5.57 Å². The van der Waals surface area contributed by atoms with Crippen LogP contribution >= 0.6 is 11.3 Å². The number of amides is 1. The number of hydrogen-bond donors (Lipinski definition) is 0. The quantitative estimate of drug-likeness (QED) is 0.449. The minimum absolute atomic E-state index is 0.00434. The molecule has 4 nitrogen and oxygen atoms in total. The lowest BCUT2D eigenvalue weighted by Gasteiger charge is -2.45. The Balaban J connectivity index is 1.98. The van der Waals surface area contributed by atoms with Crippen molar-refractivity contribution in [3.05, 3.63) is 40.2 Å². The second-order valence-corrected chi connectivity index (χ2v) is 7.75. The van der Waals surface area contributed by atoms with Crippen LogP contribution in [-0.2, 0) is 20.7 Å². The molecule has 0 bridgehead atoms. The third-order valence-corrected chi connectivity index (χ3v) is 6.05. The molecule has 0 unspecified atom stereocenters. The maximum atomic E-state index is 12.6. The molecular formula is C19H23NO3S. The number of aryl methyl sites for hydroxylation is 1. The molecule has 1 aromatic heterocycles. The highest BCUT2D eigenvalue weighted by molar-refractivity contribution is 7.13. The van der Waals surface area contributed by atoms with Crippen molar-refractivity contribution in [1.82, 2.24) is 4.90 Å². The lowest BCUT2D eigenvalue weighted by atomic mass is 9.78. The van der Waals surface area contributed by atoms with Crippen LogP contribution in [0.2, 0.25) is 0 Å². The number of carbonyl (C=O) groups excluding carboxylic acids is 2. The topological polar surface area (TPSA) is 46.6 Å². The van der Waals surface area contributed by atoms with Gasteiger partial charge < -0.3 is 9.64 Å². The summed E-state index contributed by atoms with van der Waals surface area (Å²) in [7, 11) is 0. The molecule has 0 radical (unpaired) electrons. The third-order valence-electron chi connectivity index (χ3n) is 4.76. The van der Waals surface area contributed by atoms with Crippen LogP contribution in [0.4, 0.5) is 0 Å². The zero-order chi connectivity index (χ0) is 17.4. The van der Waals surface area contributed by atoms with E-state index in [1.54, 1.807) is 22.3 Å². The minimum atomic E-state index is -0.422. The Morgan fingerprint density at radius 1 is 1.50 bits per heavy atom. The van der Waals surface area contributed by atoms with Gasteiger partial charge in [0.1, 0.15) is 12.3 Å². The maximum absolute atomic E-state index is 12.6. The highest BCUT2D eigenvalue weighted by atomic mass is 32.1. The molecule has 1 saturated heterocycles.